The number of piperidine rings is 1. The van der Waals surface area contributed by atoms with E-state index >= 15 is 8.78 Å². The van der Waals surface area contributed by atoms with E-state index in [1.165, 1.54) is 22.9 Å². The number of halogens is 2. The number of rotatable bonds is 11. The minimum Gasteiger partial charge on any atom is -0.375 e. The first kappa shape index (κ1) is 31.7. The lowest BCUT2D eigenvalue weighted by molar-refractivity contribution is 0.00183. The number of hydrogen-bond acceptors (Lipinski definition) is 10. The Labute approximate surface area is 255 Å². The van der Waals surface area contributed by atoms with Crippen molar-refractivity contribution in [2.45, 2.75) is 45.6 Å². The first-order valence-corrected chi connectivity index (χ1v) is 16.4. The predicted molar refractivity (Wildman–Crippen MR) is 165 cm³/mol. The molecule has 0 unspecified atom stereocenters. The zero-order valence-corrected chi connectivity index (χ0v) is 25.9. The monoisotopic (exact) mass is 629 g/mol. The number of hydrogen-bond donors (Lipinski definition) is 2. The van der Waals surface area contributed by atoms with Crippen molar-refractivity contribution >= 4 is 32.7 Å². The summed E-state index contributed by atoms with van der Waals surface area (Å²) in [7, 11) is -3.14. The molecule has 3 N–H and O–H groups in total. The van der Waals surface area contributed by atoms with Gasteiger partial charge in [-0.3, -0.25) is 4.98 Å². The Morgan fingerprint density at radius 1 is 1.14 bits per heavy atom. The smallest absolute Gasteiger partial charge is 0.229 e. The number of sulfone groups is 1. The second kappa shape index (κ2) is 13.1. The highest BCUT2D eigenvalue weighted by Crippen LogP contribution is 2.32. The maximum atomic E-state index is 15.1. The topological polar surface area (TPSA) is 137 Å². The molecular weight excluding hydrogens is 592 g/mol. The molecule has 0 aliphatic carbocycles. The zero-order valence-electron chi connectivity index (χ0n) is 25.1. The van der Waals surface area contributed by atoms with E-state index in [9.17, 15) is 8.42 Å². The third-order valence-corrected chi connectivity index (χ3v) is 8.31. The van der Waals surface area contributed by atoms with Gasteiger partial charge in [0, 0.05) is 37.5 Å². The first-order valence-electron chi connectivity index (χ1n) is 14.3. The quantitative estimate of drug-likeness (QED) is 0.251. The zero-order chi connectivity index (χ0) is 31.6. The Balaban J connectivity index is 1.37. The molecule has 5 rings (SSSR count). The number of ether oxygens (including phenoxy) is 2. The van der Waals surface area contributed by atoms with Crippen LogP contribution in [0.4, 0.5) is 26.1 Å². The van der Waals surface area contributed by atoms with Crippen molar-refractivity contribution < 1.29 is 26.7 Å². The van der Waals surface area contributed by atoms with Crippen LogP contribution in [0, 0.1) is 17.6 Å². The van der Waals surface area contributed by atoms with Gasteiger partial charge in [-0.2, -0.15) is 9.61 Å². The van der Waals surface area contributed by atoms with Gasteiger partial charge < -0.3 is 25.4 Å². The molecule has 0 bridgehead atoms. The maximum absolute atomic E-state index is 15.1. The lowest BCUT2D eigenvalue weighted by Gasteiger charge is -2.42. The van der Waals surface area contributed by atoms with Crippen LogP contribution in [0.15, 0.2) is 48.9 Å². The van der Waals surface area contributed by atoms with E-state index in [2.05, 4.69) is 25.3 Å². The summed E-state index contributed by atoms with van der Waals surface area (Å²) in [6.45, 7) is 6.98. The number of nitrogens with zero attached hydrogens (tertiary/aromatic N) is 5. The normalized spacial score (nSPS) is 19.2. The number of aromatic nitrogens is 4. The third-order valence-electron chi connectivity index (χ3n) is 7.40. The Bertz CT molecular complexity index is 1700. The molecule has 1 saturated heterocycles. The van der Waals surface area contributed by atoms with E-state index in [4.69, 9.17) is 15.2 Å². The van der Waals surface area contributed by atoms with Crippen molar-refractivity contribution in [1.82, 2.24) is 19.6 Å². The highest BCUT2D eigenvalue weighted by Gasteiger charge is 2.34. The van der Waals surface area contributed by atoms with Crippen LogP contribution in [0.5, 0.6) is 0 Å². The summed E-state index contributed by atoms with van der Waals surface area (Å²) in [5.74, 6) is -1.19. The van der Waals surface area contributed by atoms with Crippen LogP contribution in [0.25, 0.3) is 16.8 Å². The van der Waals surface area contributed by atoms with Gasteiger partial charge in [-0.25, -0.2) is 22.2 Å². The molecule has 1 fully saturated rings. The molecule has 14 heteroatoms. The van der Waals surface area contributed by atoms with E-state index in [0.717, 1.165) is 5.69 Å². The summed E-state index contributed by atoms with van der Waals surface area (Å²) in [6, 6.07) is 7.25. The van der Waals surface area contributed by atoms with Crippen molar-refractivity contribution in [3.05, 3.63) is 66.1 Å². The van der Waals surface area contributed by atoms with E-state index in [-0.39, 0.29) is 54.4 Å². The lowest BCUT2D eigenvalue weighted by atomic mass is 9.92. The Morgan fingerprint density at radius 2 is 1.89 bits per heavy atom. The fourth-order valence-corrected chi connectivity index (χ4v) is 5.72. The summed E-state index contributed by atoms with van der Waals surface area (Å²) < 4.78 is 66.1. The van der Waals surface area contributed by atoms with E-state index in [1.807, 2.05) is 26.8 Å². The summed E-state index contributed by atoms with van der Waals surface area (Å²) in [5.41, 5.74) is 8.82. The number of fused-ring (bicyclic) bond motifs is 1. The van der Waals surface area contributed by atoms with Crippen molar-refractivity contribution in [1.29, 1.82) is 0 Å². The molecule has 0 amide bonds. The van der Waals surface area contributed by atoms with Crippen LogP contribution >= 0.6 is 0 Å². The molecule has 1 aromatic carbocycles. The minimum atomic E-state index is -3.14. The van der Waals surface area contributed by atoms with Crippen LogP contribution in [0.2, 0.25) is 0 Å². The molecule has 0 spiro atoms. The van der Waals surface area contributed by atoms with Gasteiger partial charge in [-0.1, -0.05) is 6.92 Å². The highest BCUT2D eigenvalue weighted by atomic mass is 32.2. The molecule has 44 heavy (non-hydrogen) atoms. The number of nitrogens with one attached hydrogen (secondary N) is 1. The van der Waals surface area contributed by atoms with Crippen molar-refractivity contribution in [2.75, 3.05) is 41.9 Å². The van der Waals surface area contributed by atoms with Crippen LogP contribution in [0.3, 0.4) is 0 Å². The molecule has 4 heterocycles. The second-order valence-corrected chi connectivity index (χ2v) is 13.7. The van der Waals surface area contributed by atoms with Crippen molar-refractivity contribution in [3.8, 4) is 11.3 Å². The van der Waals surface area contributed by atoms with Crippen LogP contribution < -0.4 is 16.0 Å². The molecule has 0 saturated carbocycles. The number of anilines is 3. The molecule has 236 valence electrons. The lowest BCUT2D eigenvalue weighted by Crippen LogP contribution is -2.57. The fraction of sp³-hybridized carbons (Fsp3) is 0.433. The average molecular weight is 630 g/mol. The summed E-state index contributed by atoms with van der Waals surface area (Å²) in [5, 5.41) is 7.79. The number of pyridine rings is 1. The van der Waals surface area contributed by atoms with Gasteiger partial charge in [0.1, 0.15) is 21.5 Å². The summed E-state index contributed by atoms with van der Waals surface area (Å²) in [4.78, 5) is 10.8. The molecule has 1 aliphatic rings. The van der Waals surface area contributed by atoms with Crippen LogP contribution in [-0.2, 0) is 25.9 Å². The van der Waals surface area contributed by atoms with E-state index < -0.39 is 21.5 Å². The molecule has 0 radical (unpaired) electrons. The van der Waals surface area contributed by atoms with Crippen LogP contribution in [0.1, 0.15) is 26.3 Å². The number of imidazole rings is 1. The van der Waals surface area contributed by atoms with Gasteiger partial charge in [-0.15, -0.1) is 0 Å². The minimum absolute atomic E-state index is 0.0175. The number of benzene rings is 1. The molecule has 1 aliphatic heterocycles. The van der Waals surface area contributed by atoms with Gasteiger partial charge >= 0.3 is 0 Å². The van der Waals surface area contributed by atoms with Gasteiger partial charge in [0.05, 0.1) is 71.7 Å². The SMILES string of the molecule is CC(C)OCc1cc(F)c(-c2ccc3cnc(Nc4cnccc4N4C[C@@H](N)[C@@H](OCCS(C)(=O)=O)[C@@H](C)C4)n3n2)c(F)c1. The molecule has 11 nitrogen and oxygen atoms in total. The second-order valence-electron chi connectivity index (χ2n) is 11.5. The van der Waals surface area contributed by atoms with Crippen molar-refractivity contribution in [3.63, 3.8) is 0 Å². The van der Waals surface area contributed by atoms with E-state index in [1.54, 1.807) is 30.7 Å². The molecule has 3 atom stereocenters. The van der Waals surface area contributed by atoms with Gasteiger partial charge in [0.15, 0.2) is 0 Å². The van der Waals surface area contributed by atoms with Crippen molar-refractivity contribution in [2.24, 2.45) is 11.7 Å². The standard InChI is InChI=1S/C30H37F2N7O4S/c1-18(2)43-17-20-11-22(31)28(23(32)12-20)25-6-5-21-13-35-30(39(21)37-25)36-26-14-34-8-7-27(26)38-15-19(3)29(24(33)16-38)42-9-10-44(4,40)41/h5-8,11-14,18-19,24,29H,9-10,15-17,33H2,1-4H3,(H,35,36)/t19-,24+,29-/m0/s1. The van der Waals surface area contributed by atoms with Gasteiger partial charge in [0.2, 0.25) is 5.95 Å². The summed E-state index contributed by atoms with van der Waals surface area (Å²) >= 11 is 0. The largest absolute Gasteiger partial charge is 0.375 e. The first-order chi connectivity index (χ1) is 20.9. The Morgan fingerprint density at radius 3 is 2.57 bits per heavy atom. The van der Waals surface area contributed by atoms with Gasteiger partial charge in [0.25, 0.3) is 0 Å². The summed E-state index contributed by atoms with van der Waals surface area (Å²) in [6.07, 6.45) is 5.75. The highest BCUT2D eigenvalue weighted by molar-refractivity contribution is 7.90. The molecule has 3 aromatic heterocycles. The Hall–Kier alpha value is -3.72. The van der Waals surface area contributed by atoms with Gasteiger partial charge in [-0.05, 0) is 49.7 Å². The van der Waals surface area contributed by atoms with Crippen LogP contribution in [-0.4, -0.2) is 78.0 Å². The Kier molecular flexibility index (Phi) is 9.44. The number of nitrogens with two attached hydrogens (primary N) is 1. The average Bonchev–Trinajstić information content (AvgIpc) is 3.34. The maximum Gasteiger partial charge on any atom is 0.229 e. The predicted octanol–water partition coefficient (Wildman–Crippen LogP) is 3.95. The molecule has 4 aromatic rings. The molecular formula is C30H37F2N7O4S. The third kappa shape index (κ3) is 7.32. The van der Waals surface area contributed by atoms with E-state index in [0.29, 0.717) is 35.8 Å². The fourth-order valence-electron chi connectivity index (χ4n) is 5.32.